The van der Waals surface area contributed by atoms with Crippen LogP contribution in [0.4, 0.5) is 0 Å². The molecule has 1 aliphatic heterocycles. The van der Waals surface area contributed by atoms with Crippen molar-refractivity contribution >= 4 is 15.8 Å². The quantitative estimate of drug-likeness (QED) is 0.619. The van der Waals surface area contributed by atoms with E-state index < -0.39 is 9.84 Å². The molecule has 19 heavy (non-hydrogen) atoms. The van der Waals surface area contributed by atoms with Crippen LogP contribution in [0.5, 0.6) is 0 Å². The van der Waals surface area contributed by atoms with Gasteiger partial charge < -0.3 is 9.47 Å². The first-order chi connectivity index (χ1) is 8.96. The Balaban J connectivity index is 2.29. The third-order valence-corrected chi connectivity index (χ3v) is 5.00. The van der Waals surface area contributed by atoms with Gasteiger partial charge in [-0.2, -0.15) is 0 Å². The summed E-state index contributed by atoms with van der Waals surface area (Å²) in [7, 11) is -1.53. The second kappa shape index (κ2) is 7.81. The lowest BCUT2D eigenvalue weighted by atomic mass is 10.2. The Morgan fingerprint density at radius 2 is 2.21 bits per heavy atom. The monoisotopic (exact) mass is 293 g/mol. The van der Waals surface area contributed by atoms with Gasteiger partial charge in [0, 0.05) is 18.8 Å². The third-order valence-electron chi connectivity index (χ3n) is 3.21. The molecule has 1 atom stereocenters. The summed E-state index contributed by atoms with van der Waals surface area (Å²) >= 11 is 0. The van der Waals surface area contributed by atoms with Crippen molar-refractivity contribution < 1.29 is 22.7 Å². The Morgan fingerprint density at radius 3 is 2.84 bits per heavy atom. The minimum Gasteiger partial charge on any atom is -0.469 e. The van der Waals surface area contributed by atoms with Gasteiger partial charge in [0.05, 0.1) is 32.0 Å². The summed E-state index contributed by atoms with van der Waals surface area (Å²) in [6.07, 6.45) is 0.727. The molecule has 0 N–H and O–H groups in total. The molecule has 0 amide bonds. The molecule has 0 aliphatic carbocycles. The standard InChI is InChI=1S/C12H23NO5S/c1-3-19(15,16)8-4-5-13-6-7-18-11(10-13)9-12(14)17-2/h11H,3-10H2,1-2H3. The van der Waals surface area contributed by atoms with E-state index in [1.165, 1.54) is 7.11 Å². The topological polar surface area (TPSA) is 72.9 Å². The number of sulfone groups is 1. The van der Waals surface area contributed by atoms with E-state index in [1.807, 2.05) is 0 Å². The highest BCUT2D eigenvalue weighted by atomic mass is 32.2. The minimum atomic E-state index is -2.89. The Kier molecular flexibility index (Phi) is 6.74. The van der Waals surface area contributed by atoms with E-state index in [4.69, 9.17) is 4.74 Å². The normalized spacial score (nSPS) is 21.3. The Hall–Kier alpha value is -0.660. The fourth-order valence-corrected chi connectivity index (χ4v) is 2.89. The lowest BCUT2D eigenvalue weighted by Gasteiger charge is -2.32. The van der Waals surface area contributed by atoms with Crippen LogP contribution in [0.15, 0.2) is 0 Å². The SMILES string of the molecule is CCS(=O)(=O)CCCN1CCOC(CC(=O)OC)C1. The summed E-state index contributed by atoms with van der Waals surface area (Å²) in [6.45, 7) is 4.39. The molecule has 1 saturated heterocycles. The zero-order chi connectivity index (χ0) is 14.3. The summed E-state index contributed by atoms with van der Waals surface area (Å²) in [5.41, 5.74) is 0. The molecule has 0 saturated carbocycles. The van der Waals surface area contributed by atoms with Gasteiger partial charge in [0.1, 0.15) is 9.84 Å². The van der Waals surface area contributed by atoms with Gasteiger partial charge in [-0.25, -0.2) is 8.42 Å². The summed E-state index contributed by atoms with van der Waals surface area (Å²) in [5, 5.41) is 0. The second-order valence-electron chi connectivity index (χ2n) is 4.66. The molecule has 1 heterocycles. The average Bonchev–Trinajstić information content (AvgIpc) is 2.39. The molecule has 112 valence electrons. The maximum absolute atomic E-state index is 11.4. The van der Waals surface area contributed by atoms with Gasteiger partial charge in [0.15, 0.2) is 0 Å². The predicted octanol–water partition coefficient (Wildman–Crippen LogP) is 0.0751. The van der Waals surface area contributed by atoms with Crippen molar-refractivity contribution in [1.82, 2.24) is 4.90 Å². The number of morpholine rings is 1. The van der Waals surface area contributed by atoms with Gasteiger partial charge in [-0.3, -0.25) is 9.69 Å². The highest BCUT2D eigenvalue weighted by Gasteiger charge is 2.23. The average molecular weight is 293 g/mol. The molecule has 0 bridgehead atoms. The number of carbonyl (C=O) groups is 1. The molecule has 6 nitrogen and oxygen atoms in total. The summed E-state index contributed by atoms with van der Waals surface area (Å²) < 4.78 is 32.9. The van der Waals surface area contributed by atoms with Gasteiger partial charge in [-0.15, -0.1) is 0 Å². The van der Waals surface area contributed by atoms with Crippen LogP contribution < -0.4 is 0 Å². The van der Waals surface area contributed by atoms with Crippen molar-refractivity contribution in [3.8, 4) is 0 Å². The van der Waals surface area contributed by atoms with Crippen LogP contribution in [0.1, 0.15) is 19.8 Å². The van der Waals surface area contributed by atoms with Crippen LogP contribution in [0, 0.1) is 0 Å². The van der Waals surface area contributed by atoms with Crippen LogP contribution in [0.25, 0.3) is 0 Å². The van der Waals surface area contributed by atoms with Gasteiger partial charge in [-0.05, 0) is 13.0 Å². The van der Waals surface area contributed by atoms with E-state index in [1.54, 1.807) is 6.92 Å². The summed E-state index contributed by atoms with van der Waals surface area (Å²) in [5.74, 6) is 0.143. The highest BCUT2D eigenvalue weighted by molar-refractivity contribution is 7.91. The molecule has 1 rings (SSSR count). The molecule has 0 aromatic heterocycles. The molecule has 1 fully saturated rings. The van der Waals surface area contributed by atoms with Crippen molar-refractivity contribution in [3.05, 3.63) is 0 Å². The summed E-state index contributed by atoms with van der Waals surface area (Å²) in [4.78, 5) is 13.3. The van der Waals surface area contributed by atoms with Crippen molar-refractivity contribution in [2.45, 2.75) is 25.9 Å². The van der Waals surface area contributed by atoms with Crippen LogP contribution in [0.2, 0.25) is 0 Å². The van der Waals surface area contributed by atoms with E-state index >= 15 is 0 Å². The summed E-state index contributed by atoms with van der Waals surface area (Å²) in [6, 6.07) is 0. The van der Waals surface area contributed by atoms with Crippen LogP contribution in [0.3, 0.4) is 0 Å². The largest absolute Gasteiger partial charge is 0.469 e. The van der Waals surface area contributed by atoms with Gasteiger partial charge in [-0.1, -0.05) is 6.92 Å². The van der Waals surface area contributed by atoms with E-state index in [9.17, 15) is 13.2 Å². The van der Waals surface area contributed by atoms with E-state index in [2.05, 4.69) is 9.64 Å². The molecule has 0 aromatic carbocycles. The highest BCUT2D eigenvalue weighted by Crippen LogP contribution is 2.10. The molecule has 1 aliphatic rings. The van der Waals surface area contributed by atoms with E-state index in [0.29, 0.717) is 19.6 Å². The Bertz CT molecular complexity index is 382. The smallest absolute Gasteiger partial charge is 0.308 e. The molecule has 1 unspecified atom stereocenters. The molecule has 0 radical (unpaired) electrons. The molecular formula is C12H23NO5S. The predicted molar refractivity (Wildman–Crippen MR) is 71.8 cm³/mol. The van der Waals surface area contributed by atoms with Gasteiger partial charge in [0.2, 0.25) is 0 Å². The maximum Gasteiger partial charge on any atom is 0.308 e. The molecule has 7 heteroatoms. The minimum absolute atomic E-state index is 0.149. The first-order valence-electron chi connectivity index (χ1n) is 6.58. The zero-order valence-corrected chi connectivity index (χ0v) is 12.4. The molecule has 0 spiro atoms. The van der Waals surface area contributed by atoms with Gasteiger partial charge in [0.25, 0.3) is 0 Å². The zero-order valence-electron chi connectivity index (χ0n) is 11.6. The van der Waals surface area contributed by atoms with Crippen LogP contribution >= 0.6 is 0 Å². The van der Waals surface area contributed by atoms with Gasteiger partial charge >= 0.3 is 5.97 Å². The van der Waals surface area contributed by atoms with Crippen molar-refractivity contribution in [3.63, 3.8) is 0 Å². The maximum atomic E-state index is 11.4. The fraction of sp³-hybridized carbons (Fsp3) is 0.917. The molecule has 0 aromatic rings. The Morgan fingerprint density at radius 1 is 1.47 bits per heavy atom. The van der Waals surface area contributed by atoms with Crippen molar-refractivity contribution in [1.29, 1.82) is 0 Å². The first-order valence-corrected chi connectivity index (χ1v) is 8.40. The first kappa shape index (κ1) is 16.4. The molecular weight excluding hydrogens is 270 g/mol. The third kappa shape index (κ3) is 6.35. The van der Waals surface area contributed by atoms with Crippen LogP contribution in [-0.4, -0.2) is 70.2 Å². The number of carbonyl (C=O) groups excluding carboxylic acids is 1. The number of ether oxygens (including phenoxy) is 2. The number of hydrogen-bond donors (Lipinski definition) is 0. The number of methoxy groups -OCH3 is 1. The van der Waals surface area contributed by atoms with Crippen molar-refractivity contribution in [2.75, 3.05) is 44.9 Å². The van der Waals surface area contributed by atoms with Crippen LogP contribution in [-0.2, 0) is 24.1 Å². The second-order valence-corrected chi connectivity index (χ2v) is 7.14. The number of hydrogen-bond acceptors (Lipinski definition) is 6. The van der Waals surface area contributed by atoms with E-state index in [-0.39, 0.29) is 30.0 Å². The lowest BCUT2D eigenvalue weighted by molar-refractivity contribution is -0.145. The van der Waals surface area contributed by atoms with E-state index in [0.717, 1.165) is 13.1 Å². The number of nitrogens with zero attached hydrogens (tertiary/aromatic N) is 1. The van der Waals surface area contributed by atoms with Crippen molar-refractivity contribution in [2.24, 2.45) is 0 Å². The fourth-order valence-electron chi connectivity index (χ4n) is 2.03. The Labute approximate surface area is 115 Å². The lowest BCUT2D eigenvalue weighted by Crippen LogP contribution is -2.44. The number of rotatable bonds is 7. The number of esters is 1.